The number of hydrogen-bond donors (Lipinski definition) is 2. The maximum absolute atomic E-state index is 13.5. The summed E-state index contributed by atoms with van der Waals surface area (Å²) in [6.45, 7) is 1.72. The molecule has 0 spiro atoms. The number of anilines is 1. The van der Waals surface area contributed by atoms with Crippen LogP contribution < -0.4 is 4.90 Å². The predicted octanol–water partition coefficient (Wildman–Crippen LogP) is 6.43. The van der Waals surface area contributed by atoms with E-state index in [0.29, 0.717) is 42.7 Å². The number of phenolic OH excluding ortho intramolecular Hbond substituents is 1. The fourth-order valence-corrected chi connectivity index (χ4v) is 7.09. The molecule has 1 fully saturated rings. The standard InChI is InChI=1S/C28H19Cl2N5O4S2/c1-14-22(34-11-3-2-4-20(34)31-14)24(37)21-23(15-6-9-18(36)10-7-15)35(26(39)25(21)38)27-32-33-28(41-27)40-13-16-5-8-17(29)12-19(16)30/h2-12,23,36-37H,13H2,1H3. The van der Waals surface area contributed by atoms with Crippen molar-refractivity contribution in [1.82, 2.24) is 19.6 Å². The molecule has 206 valence electrons. The van der Waals surface area contributed by atoms with Crippen LogP contribution in [0.4, 0.5) is 5.13 Å². The first kappa shape index (κ1) is 27.3. The van der Waals surface area contributed by atoms with Crippen molar-refractivity contribution < 1.29 is 19.8 Å². The van der Waals surface area contributed by atoms with Gasteiger partial charge in [0.25, 0.3) is 5.78 Å². The minimum absolute atomic E-state index is 0.0128. The SMILES string of the molecule is Cc1nc2ccccn2c1C(O)=C1C(=O)C(=O)N(c2nnc(SCc3ccc(Cl)cc3Cl)s2)C1c1ccc(O)cc1. The zero-order valence-electron chi connectivity index (χ0n) is 21.2. The highest BCUT2D eigenvalue weighted by atomic mass is 35.5. The van der Waals surface area contributed by atoms with Gasteiger partial charge in [-0.15, -0.1) is 10.2 Å². The number of pyridine rings is 1. The van der Waals surface area contributed by atoms with Crippen LogP contribution in [0, 0.1) is 6.92 Å². The lowest BCUT2D eigenvalue weighted by Gasteiger charge is -2.22. The fraction of sp³-hybridized carbons (Fsp3) is 0.107. The number of aromatic nitrogens is 4. The van der Waals surface area contributed by atoms with E-state index < -0.39 is 17.7 Å². The quantitative estimate of drug-likeness (QED) is 0.0730. The van der Waals surface area contributed by atoms with Gasteiger partial charge in [-0.05, 0) is 54.4 Å². The molecular formula is C28H19Cl2N5O4S2. The van der Waals surface area contributed by atoms with Crippen molar-refractivity contribution in [2.24, 2.45) is 0 Å². The van der Waals surface area contributed by atoms with E-state index in [1.54, 1.807) is 53.9 Å². The zero-order valence-corrected chi connectivity index (χ0v) is 24.3. The molecule has 1 aliphatic rings. The van der Waals surface area contributed by atoms with E-state index in [-0.39, 0.29) is 22.2 Å². The molecule has 5 aromatic rings. The van der Waals surface area contributed by atoms with Crippen LogP contribution in [0.1, 0.15) is 28.6 Å². The molecule has 0 bridgehead atoms. The van der Waals surface area contributed by atoms with Crippen LogP contribution in [-0.4, -0.2) is 41.5 Å². The second kappa shape index (κ2) is 10.8. The molecule has 0 radical (unpaired) electrons. The number of benzene rings is 2. The number of aliphatic hydroxyl groups excluding tert-OH is 1. The van der Waals surface area contributed by atoms with Crippen LogP contribution in [-0.2, 0) is 15.3 Å². The van der Waals surface area contributed by atoms with Crippen molar-refractivity contribution in [3.63, 3.8) is 0 Å². The van der Waals surface area contributed by atoms with Gasteiger partial charge in [0, 0.05) is 22.0 Å². The minimum Gasteiger partial charge on any atom is -0.508 e. The summed E-state index contributed by atoms with van der Waals surface area (Å²) in [6, 6.07) is 15.6. The first-order valence-corrected chi connectivity index (χ1v) is 14.7. The average Bonchev–Trinajstić information content (AvgIpc) is 3.62. The number of imidazole rings is 1. The van der Waals surface area contributed by atoms with Crippen LogP contribution in [0.15, 0.2) is 76.8 Å². The number of Topliss-reactive ketones (excluding diaryl/α,β-unsaturated/α-hetero) is 1. The molecule has 0 saturated carbocycles. The highest BCUT2D eigenvalue weighted by molar-refractivity contribution is 8.00. The number of halogens is 2. The van der Waals surface area contributed by atoms with Gasteiger partial charge in [-0.3, -0.25) is 18.9 Å². The highest BCUT2D eigenvalue weighted by Gasteiger charge is 2.48. The summed E-state index contributed by atoms with van der Waals surface area (Å²) >= 11 is 14.8. The molecule has 1 unspecified atom stereocenters. The van der Waals surface area contributed by atoms with Gasteiger partial charge in [-0.2, -0.15) is 0 Å². The minimum atomic E-state index is -1.03. The van der Waals surface area contributed by atoms with E-state index in [1.165, 1.54) is 28.8 Å². The van der Waals surface area contributed by atoms with E-state index in [2.05, 4.69) is 15.2 Å². The number of rotatable bonds is 6. The van der Waals surface area contributed by atoms with Gasteiger partial charge in [0.1, 0.15) is 17.1 Å². The summed E-state index contributed by atoms with van der Waals surface area (Å²) in [7, 11) is 0. The van der Waals surface area contributed by atoms with Gasteiger partial charge < -0.3 is 10.2 Å². The van der Waals surface area contributed by atoms with Crippen molar-refractivity contribution >= 4 is 74.5 Å². The number of nitrogens with zero attached hydrogens (tertiary/aromatic N) is 5. The molecule has 6 rings (SSSR count). The van der Waals surface area contributed by atoms with E-state index in [0.717, 1.165) is 16.9 Å². The van der Waals surface area contributed by atoms with Crippen molar-refractivity contribution in [2.75, 3.05) is 4.90 Å². The Hall–Kier alpha value is -3.90. The number of fused-ring (bicyclic) bond motifs is 1. The fourth-order valence-electron chi connectivity index (χ4n) is 4.66. The normalized spacial score (nSPS) is 16.7. The van der Waals surface area contributed by atoms with Gasteiger partial charge in [-0.1, -0.05) is 70.6 Å². The van der Waals surface area contributed by atoms with Crippen LogP contribution in [0.2, 0.25) is 10.0 Å². The summed E-state index contributed by atoms with van der Waals surface area (Å²) in [5.74, 6) is -1.60. The third kappa shape index (κ3) is 4.95. The lowest BCUT2D eigenvalue weighted by Crippen LogP contribution is -2.29. The Morgan fingerprint density at radius 3 is 2.61 bits per heavy atom. The van der Waals surface area contributed by atoms with Gasteiger partial charge in [0.05, 0.1) is 17.3 Å². The lowest BCUT2D eigenvalue weighted by atomic mass is 9.96. The number of phenols is 1. The number of aryl methyl sites for hydroxylation is 1. The molecule has 3 aromatic heterocycles. The number of carbonyl (C=O) groups is 2. The molecule has 41 heavy (non-hydrogen) atoms. The first-order chi connectivity index (χ1) is 19.7. The monoisotopic (exact) mass is 623 g/mol. The molecule has 13 heteroatoms. The molecule has 4 heterocycles. The Morgan fingerprint density at radius 2 is 1.85 bits per heavy atom. The summed E-state index contributed by atoms with van der Waals surface area (Å²) < 4.78 is 2.21. The van der Waals surface area contributed by atoms with Gasteiger partial charge in [0.2, 0.25) is 5.13 Å². The van der Waals surface area contributed by atoms with E-state index in [9.17, 15) is 19.8 Å². The molecule has 1 amide bonds. The summed E-state index contributed by atoms with van der Waals surface area (Å²) in [5.41, 5.74) is 2.59. The Labute approximate surface area is 251 Å². The Kier molecular flexibility index (Phi) is 7.20. The Bertz CT molecular complexity index is 1870. The van der Waals surface area contributed by atoms with Gasteiger partial charge in [0.15, 0.2) is 10.1 Å². The molecule has 2 aromatic carbocycles. The van der Waals surface area contributed by atoms with Crippen molar-refractivity contribution in [2.45, 2.75) is 23.1 Å². The number of aliphatic hydroxyl groups is 1. The van der Waals surface area contributed by atoms with Crippen molar-refractivity contribution in [3.8, 4) is 5.75 Å². The third-order valence-corrected chi connectivity index (χ3v) is 9.24. The number of aromatic hydroxyl groups is 1. The molecule has 1 atom stereocenters. The predicted molar refractivity (Wildman–Crippen MR) is 159 cm³/mol. The molecule has 1 aliphatic heterocycles. The lowest BCUT2D eigenvalue weighted by molar-refractivity contribution is -0.132. The number of ketones is 1. The first-order valence-electron chi connectivity index (χ1n) is 12.2. The summed E-state index contributed by atoms with van der Waals surface area (Å²) in [5, 5.41) is 31.2. The number of amides is 1. The Morgan fingerprint density at radius 1 is 1.07 bits per heavy atom. The smallest absolute Gasteiger partial charge is 0.301 e. The van der Waals surface area contributed by atoms with E-state index in [4.69, 9.17) is 23.2 Å². The zero-order chi connectivity index (χ0) is 28.8. The van der Waals surface area contributed by atoms with Crippen LogP contribution in [0.25, 0.3) is 11.4 Å². The largest absolute Gasteiger partial charge is 0.508 e. The number of hydrogen-bond acceptors (Lipinski definition) is 9. The van der Waals surface area contributed by atoms with Gasteiger partial charge >= 0.3 is 5.91 Å². The summed E-state index contributed by atoms with van der Waals surface area (Å²) in [4.78, 5) is 32.8. The van der Waals surface area contributed by atoms with Crippen LogP contribution >= 0.6 is 46.3 Å². The highest BCUT2D eigenvalue weighted by Crippen LogP contribution is 2.44. The van der Waals surface area contributed by atoms with Crippen molar-refractivity contribution in [1.29, 1.82) is 0 Å². The molecule has 2 N–H and O–H groups in total. The maximum atomic E-state index is 13.5. The van der Waals surface area contributed by atoms with Gasteiger partial charge in [-0.25, -0.2) is 4.98 Å². The number of thioether (sulfide) groups is 1. The third-order valence-electron chi connectivity index (χ3n) is 6.55. The molecule has 9 nitrogen and oxygen atoms in total. The maximum Gasteiger partial charge on any atom is 0.301 e. The van der Waals surface area contributed by atoms with E-state index in [1.807, 2.05) is 12.1 Å². The average molecular weight is 625 g/mol. The Balaban J connectivity index is 1.42. The molecular weight excluding hydrogens is 605 g/mol. The van der Waals surface area contributed by atoms with Crippen molar-refractivity contribution in [3.05, 3.63) is 105 Å². The summed E-state index contributed by atoms with van der Waals surface area (Å²) in [6.07, 6.45) is 1.72. The number of carbonyl (C=O) groups excluding carboxylic acids is 2. The molecule has 1 saturated heterocycles. The topological polar surface area (TPSA) is 121 Å². The van der Waals surface area contributed by atoms with E-state index >= 15 is 0 Å². The second-order valence-electron chi connectivity index (χ2n) is 9.11. The molecule has 0 aliphatic carbocycles. The van der Waals surface area contributed by atoms with Crippen LogP contribution in [0.5, 0.6) is 5.75 Å². The van der Waals surface area contributed by atoms with Crippen LogP contribution in [0.3, 0.4) is 0 Å². The second-order valence-corrected chi connectivity index (χ2v) is 12.1.